The lowest BCUT2D eigenvalue weighted by Crippen LogP contribution is -2.47. The van der Waals surface area contributed by atoms with Crippen molar-refractivity contribution in [2.24, 2.45) is 11.7 Å². The van der Waals surface area contributed by atoms with E-state index in [0.717, 1.165) is 26.1 Å². The second-order valence-corrected chi connectivity index (χ2v) is 5.99. The number of likely N-dealkylation sites (tertiary alicyclic amines) is 1. The largest absolute Gasteiger partial charge is 0.354 e. The van der Waals surface area contributed by atoms with Crippen molar-refractivity contribution in [3.05, 3.63) is 35.9 Å². The van der Waals surface area contributed by atoms with Crippen molar-refractivity contribution >= 4 is 30.7 Å². The second kappa shape index (κ2) is 11.7. The maximum atomic E-state index is 11.9. The van der Waals surface area contributed by atoms with Crippen molar-refractivity contribution in [1.29, 1.82) is 0 Å². The molecule has 2 rings (SSSR count). The van der Waals surface area contributed by atoms with Crippen molar-refractivity contribution < 1.29 is 4.79 Å². The normalized spacial score (nSPS) is 19.1. The summed E-state index contributed by atoms with van der Waals surface area (Å²) in [4.78, 5) is 14.4. The molecule has 0 radical (unpaired) electrons. The van der Waals surface area contributed by atoms with Gasteiger partial charge in [-0.15, -0.1) is 24.8 Å². The van der Waals surface area contributed by atoms with Crippen LogP contribution < -0.4 is 11.1 Å². The Bertz CT molecular complexity index is 445. The lowest BCUT2D eigenvalue weighted by atomic mass is 10.0. The summed E-state index contributed by atoms with van der Waals surface area (Å²) in [6.45, 7) is 5.09. The first-order chi connectivity index (χ1) is 10.2. The molecule has 0 saturated carbocycles. The molecule has 0 bridgehead atoms. The highest BCUT2D eigenvalue weighted by atomic mass is 35.5. The third kappa shape index (κ3) is 7.08. The minimum absolute atomic E-state index is 0. The Morgan fingerprint density at radius 3 is 2.65 bits per heavy atom. The number of carbonyl (C=O) groups excluding carboxylic acids is 1. The van der Waals surface area contributed by atoms with E-state index in [1.165, 1.54) is 18.4 Å². The van der Waals surface area contributed by atoms with Gasteiger partial charge in [0.1, 0.15) is 0 Å². The molecule has 1 saturated heterocycles. The molecule has 0 aromatic heterocycles. The van der Waals surface area contributed by atoms with Gasteiger partial charge in [0.05, 0.1) is 0 Å². The zero-order valence-corrected chi connectivity index (χ0v) is 15.4. The van der Waals surface area contributed by atoms with E-state index in [1.807, 2.05) is 13.0 Å². The van der Waals surface area contributed by atoms with Gasteiger partial charge in [-0.25, -0.2) is 0 Å². The molecule has 3 N–H and O–H groups in total. The zero-order valence-electron chi connectivity index (χ0n) is 13.7. The van der Waals surface area contributed by atoms with Gasteiger partial charge in [-0.1, -0.05) is 43.7 Å². The number of rotatable bonds is 6. The molecule has 1 heterocycles. The van der Waals surface area contributed by atoms with E-state index in [4.69, 9.17) is 5.73 Å². The lowest BCUT2D eigenvalue weighted by molar-refractivity contribution is -0.124. The number of hydrogen-bond donors (Lipinski definition) is 2. The van der Waals surface area contributed by atoms with Gasteiger partial charge in [0.2, 0.25) is 5.91 Å². The number of halogens is 2. The van der Waals surface area contributed by atoms with Crippen molar-refractivity contribution in [1.82, 2.24) is 10.2 Å². The van der Waals surface area contributed by atoms with Crippen LogP contribution in [-0.4, -0.2) is 36.5 Å². The predicted octanol–water partition coefficient (Wildman–Crippen LogP) is 2.60. The number of nitrogens with two attached hydrogens (primary N) is 1. The quantitative estimate of drug-likeness (QED) is 0.818. The summed E-state index contributed by atoms with van der Waals surface area (Å²) in [6.07, 6.45) is 3.65. The molecule has 1 aliphatic heterocycles. The molecule has 1 aromatic carbocycles. The van der Waals surface area contributed by atoms with Crippen LogP contribution in [0.3, 0.4) is 0 Å². The topological polar surface area (TPSA) is 58.4 Å². The molecule has 2 atom stereocenters. The summed E-state index contributed by atoms with van der Waals surface area (Å²) in [7, 11) is 0. The van der Waals surface area contributed by atoms with Crippen LogP contribution in [0.4, 0.5) is 0 Å². The molecule has 1 aliphatic rings. The number of piperidine rings is 1. The Labute approximate surface area is 152 Å². The summed E-state index contributed by atoms with van der Waals surface area (Å²) >= 11 is 0. The maximum absolute atomic E-state index is 11.9. The smallest absolute Gasteiger partial charge is 0.224 e. The number of amides is 1. The van der Waals surface area contributed by atoms with E-state index in [1.54, 1.807) is 0 Å². The Kier molecular flexibility index (Phi) is 11.3. The summed E-state index contributed by atoms with van der Waals surface area (Å²) < 4.78 is 0. The Hall–Kier alpha value is -0.810. The molecule has 1 fully saturated rings. The first kappa shape index (κ1) is 22.2. The Balaban J connectivity index is 0.00000242. The Morgan fingerprint density at radius 1 is 1.30 bits per heavy atom. The molecule has 132 valence electrons. The van der Waals surface area contributed by atoms with E-state index in [9.17, 15) is 4.79 Å². The van der Waals surface area contributed by atoms with Crippen LogP contribution in [0.25, 0.3) is 0 Å². The number of nitrogens with zero attached hydrogens (tertiary/aromatic N) is 1. The van der Waals surface area contributed by atoms with Crippen molar-refractivity contribution in [3.63, 3.8) is 0 Å². The number of nitrogens with one attached hydrogen (secondary N) is 1. The predicted molar refractivity (Wildman–Crippen MR) is 100 cm³/mol. The average Bonchev–Trinajstić information content (AvgIpc) is 2.54. The summed E-state index contributed by atoms with van der Waals surface area (Å²) in [6, 6.07) is 11.0. The van der Waals surface area contributed by atoms with Gasteiger partial charge in [0.15, 0.2) is 0 Å². The van der Waals surface area contributed by atoms with Gasteiger partial charge in [-0.05, 0) is 24.9 Å². The molecule has 1 aromatic rings. The summed E-state index contributed by atoms with van der Waals surface area (Å²) in [5.74, 6) is -0.0288. The van der Waals surface area contributed by atoms with E-state index in [0.29, 0.717) is 12.6 Å². The molecule has 4 nitrogen and oxygen atoms in total. The van der Waals surface area contributed by atoms with Crippen LogP contribution in [0, 0.1) is 5.92 Å². The molecular formula is C17H29Cl2N3O. The van der Waals surface area contributed by atoms with E-state index >= 15 is 0 Å². The standard InChI is InChI=1S/C17H27N3O.2ClH/c1-14(11-18)17(21)19-12-16-9-5-6-10-20(16)13-15-7-3-2-4-8-15;;/h2-4,7-8,14,16H,5-6,9-13,18H2,1H3,(H,19,21);2*1H. The highest BCUT2D eigenvalue weighted by Gasteiger charge is 2.23. The molecule has 0 spiro atoms. The number of carbonyl (C=O) groups is 1. The van der Waals surface area contributed by atoms with Crippen LogP contribution in [-0.2, 0) is 11.3 Å². The minimum atomic E-state index is -0.101. The molecule has 0 aliphatic carbocycles. The summed E-state index contributed by atoms with van der Waals surface area (Å²) in [5.41, 5.74) is 6.88. The molecule has 23 heavy (non-hydrogen) atoms. The van der Waals surface area contributed by atoms with E-state index in [2.05, 4.69) is 34.5 Å². The highest BCUT2D eigenvalue weighted by molar-refractivity contribution is 5.85. The van der Waals surface area contributed by atoms with Crippen molar-refractivity contribution in [2.45, 2.75) is 38.8 Å². The maximum Gasteiger partial charge on any atom is 0.224 e. The fourth-order valence-electron chi connectivity index (χ4n) is 2.82. The van der Waals surface area contributed by atoms with Crippen LogP contribution in [0.5, 0.6) is 0 Å². The molecular weight excluding hydrogens is 333 g/mol. The highest BCUT2D eigenvalue weighted by Crippen LogP contribution is 2.19. The van der Waals surface area contributed by atoms with Gasteiger partial charge >= 0.3 is 0 Å². The monoisotopic (exact) mass is 361 g/mol. The van der Waals surface area contributed by atoms with Gasteiger partial charge in [-0.3, -0.25) is 9.69 Å². The van der Waals surface area contributed by atoms with Gasteiger partial charge < -0.3 is 11.1 Å². The fraction of sp³-hybridized carbons (Fsp3) is 0.588. The zero-order chi connectivity index (χ0) is 15.1. The first-order valence-electron chi connectivity index (χ1n) is 7.96. The van der Waals surface area contributed by atoms with Crippen LogP contribution >= 0.6 is 24.8 Å². The second-order valence-electron chi connectivity index (χ2n) is 5.99. The third-order valence-electron chi connectivity index (χ3n) is 4.29. The number of benzene rings is 1. The van der Waals surface area contributed by atoms with E-state index < -0.39 is 0 Å². The third-order valence-corrected chi connectivity index (χ3v) is 4.29. The fourth-order valence-corrected chi connectivity index (χ4v) is 2.82. The Morgan fingerprint density at radius 2 is 2.00 bits per heavy atom. The lowest BCUT2D eigenvalue weighted by Gasteiger charge is -2.36. The molecule has 2 unspecified atom stereocenters. The van der Waals surface area contributed by atoms with Crippen LogP contribution in [0.15, 0.2) is 30.3 Å². The van der Waals surface area contributed by atoms with Crippen molar-refractivity contribution in [3.8, 4) is 0 Å². The van der Waals surface area contributed by atoms with E-state index in [-0.39, 0.29) is 36.6 Å². The van der Waals surface area contributed by atoms with Gasteiger partial charge in [0.25, 0.3) is 0 Å². The molecule has 1 amide bonds. The first-order valence-corrected chi connectivity index (χ1v) is 7.96. The molecule has 6 heteroatoms. The van der Waals surface area contributed by atoms with Gasteiger partial charge in [0, 0.05) is 31.6 Å². The number of hydrogen-bond acceptors (Lipinski definition) is 3. The average molecular weight is 362 g/mol. The SMILES string of the molecule is CC(CN)C(=O)NCC1CCCCN1Cc1ccccc1.Cl.Cl. The summed E-state index contributed by atoms with van der Waals surface area (Å²) in [5, 5.41) is 3.06. The van der Waals surface area contributed by atoms with Crippen molar-refractivity contribution in [2.75, 3.05) is 19.6 Å². The minimum Gasteiger partial charge on any atom is -0.354 e. The van der Waals surface area contributed by atoms with Crippen LogP contribution in [0.2, 0.25) is 0 Å². The van der Waals surface area contributed by atoms with Gasteiger partial charge in [-0.2, -0.15) is 0 Å². The van der Waals surface area contributed by atoms with Crippen LogP contribution in [0.1, 0.15) is 31.7 Å².